The van der Waals surface area contributed by atoms with Crippen LogP contribution < -0.4 is 0 Å². The van der Waals surface area contributed by atoms with Crippen molar-refractivity contribution in [1.29, 1.82) is 0 Å². The molecule has 2 nitrogen and oxygen atoms in total. The van der Waals surface area contributed by atoms with Crippen LogP contribution in [0, 0.1) is 0 Å². The predicted molar refractivity (Wildman–Crippen MR) is 168 cm³/mol. The SMILES string of the molecule is C1=Cc2c(c3cc4c5c(n(-c6ccccc6)c4cc3n2-c2ccc3sc4ccccc4c3c2)CCC=C5)CC1. The van der Waals surface area contributed by atoms with Crippen LogP contribution in [0.2, 0.25) is 0 Å². The molecular weight excluding hydrogens is 492 g/mol. The Bertz CT molecular complexity index is 2160. The largest absolute Gasteiger partial charge is 0.313 e. The average Bonchev–Trinajstić information content (AvgIpc) is 3.63. The zero-order valence-corrected chi connectivity index (χ0v) is 22.3. The lowest BCUT2D eigenvalue weighted by Gasteiger charge is -2.14. The van der Waals surface area contributed by atoms with E-state index in [9.17, 15) is 0 Å². The van der Waals surface area contributed by atoms with Crippen molar-refractivity contribution in [3.05, 3.63) is 120 Å². The zero-order chi connectivity index (χ0) is 25.5. The highest BCUT2D eigenvalue weighted by molar-refractivity contribution is 7.25. The van der Waals surface area contributed by atoms with Gasteiger partial charge in [-0.2, -0.15) is 0 Å². The topological polar surface area (TPSA) is 9.86 Å². The van der Waals surface area contributed by atoms with Crippen LogP contribution in [-0.4, -0.2) is 9.13 Å². The summed E-state index contributed by atoms with van der Waals surface area (Å²) < 4.78 is 7.73. The molecule has 0 amide bonds. The van der Waals surface area contributed by atoms with Crippen molar-refractivity contribution in [3.8, 4) is 11.4 Å². The van der Waals surface area contributed by atoms with Crippen LogP contribution in [0.15, 0.2) is 97.1 Å². The minimum Gasteiger partial charge on any atom is -0.313 e. The summed E-state index contributed by atoms with van der Waals surface area (Å²) in [7, 11) is 0. The van der Waals surface area contributed by atoms with Gasteiger partial charge in [0.2, 0.25) is 0 Å². The lowest BCUT2D eigenvalue weighted by molar-refractivity contribution is 0.888. The highest BCUT2D eigenvalue weighted by atomic mass is 32.1. The Morgan fingerprint density at radius 2 is 1.36 bits per heavy atom. The third kappa shape index (κ3) is 3.02. The van der Waals surface area contributed by atoms with Crippen LogP contribution in [0.1, 0.15) is 35.4 Å². The average molecular weight is 519 g/mol. The van der Waals surface area contributed by atoms with Gasteiger partial charge in [-0.25, -0.2) is 0 Å². The summed E-state index contributed by atoms with van der Waals surface area (Å²) in [5, 5.41) is 5.45. The van der Waals surface area contributed by atoms with Gasteiger partial charge in [-0.3, -0.25) is 0 Å². The summed E-state index contributed by atoms with van der Waals surface area (Å²) in [6.45, 7) is 0. The lowest BCUT2D eigenvalue weighted by atomic mass is 9.98. The van der Waals surface area contributed by atoms with E-state index in [0.717, 1.165) is 25.7 Å². The molecule has 0 unspecified atom stereocenters. The summed E-state index contributed by atoms with van der Waals surface area (Å²) in [6, 6.07) is 31.7. The zero-order valence-electron chi connectivity index (χ0n) is 21.5. The normalized spacial score (nSPS) is 14.6. The molecule has 0 atom stereocenters. The Balaban J connectivity index is 1.40. The fraction of sp³-hybridized carbons (Fsp3) is 0.111. The summed E-state index contributed by atoms with van der Waals surface area (Å²) in [4.78, 5) is 0. The van der Waals surface area contributed by atoms with Gasteiger partial charge < -0.3 is 9.13 Å². The van der Waals surface area contributed by atoms with E-state index in [1.807, 2.05) is 11.3 Å². The highest BCUT2D eigenvalue weighted by Gasteiger charge is 2.24. The second-order valence-electron chi connectivity index (χ2n) is 10.8. The number of nitrogens with zero attached hydrogens (tertiary/aromatic N) is 2. The van der Waals surface area contributed by atoms with Gasteiger partial charge in [0.15, 0.2) is 0 Å². The number of aromatic nitrogens is 2. The van der Waals surface area contributed by atoms with Crippen LogP contribution in [0.3, 0.4) is 0 Å². The van der Waals surface area contributed by atoms with Crippen LogP contribution in [-0.2, 0) is 12.8 Å². The molecule has 0 saturated carbocycles. The van der Waals surface area contributed by atoms with Gasteiger partial charge in [0.25, 0.3) is 0 Å². The van der Waals surface area contributed by atoms with Gasteiger partial charge in [0.05, 0.1) is 11.0 Å². The summed E-state index contributed by atoms with van der Waals surface area (Å²) in [6.07, 6.45) is 13.7. The Morgan fingerprint density at radius 1 is 0.564 bits per heavy atom. The summed E-state index contributed by atoms with van der Waals surface area (Å²) in [5.74, 6) is 0. The molecular formula is C36H26N2S. The maximum atomic E-state index is 2.52. The first-order valence-electron chi connectivity index (χ1n) is 13.9. The van der Waals surface area contributed by atoms with E-state index in [1.165, 1.54) is 75.9 Å². The second kappa shape index (κ2) is 8.08. The third-order valence-electron chi connectivity index (χ3n) is 8.64. The minimum absolute atomic E-state index is 1.07. The molecule has 0 aliphatic heterocycles. The van der Waals surface area contributed by atoms with E-state index in [4.69, 9.17) is 0 Å². The molecule has 0 radical (unpaired) electrons. The molecule has 4 aromatic carbocycles. The number of allylic oxidation sites excluding steroid dienone is 2. The van der Waals surface area contributed by atoms with E-state index in [-0.39, 0.29) is 0 Å². The molecule has 2 aliphatic carbocycles. The van der Waals surface area contributed by atoms with Crippen molar-refractivity contribution < 1.29 is 0 Å². The number of thiophene rings is 1. The standard InChI is InChI=1S/C36H26N2S/c1-2-10-23(11-3-1)37-31-15-7-4-12-25(31)28-21-29-26-13-5-8-16-32(26)38(34(29)22-33(28)37)24-18-19-36-30(20-24)27-14-6-9-17-35(27)39-36/h1-4,6,8-12,14,16-22H,5,7,13,15H2. The van der Waals surface area contributed by atoms with E-state index in [1.54, 1.807) is 0 Å². The van der Waals surface area contributed by atoms with Gasteiger partial charge in [-0.1, -0.05) is 54.6 Å². The lowest BCUT2D eigenvalue weighted by Crippen LogP contribution is -2.03. The molecule has 0 fully saturated rings. The maximum absolute atomic E-state index is 2.52. The van der Waals surface area contributed by atoms with Crippen molar-refractivity contribution >= 4 is 65.5 Å². The Morgan fingerprint density at radius 3 is 2.31 bits per heavy atom. The summed E-state index contributed by atoms with van der Waals surface area (Å²) >= 11 is 1.88. The summed E-state index contributed by atoms with van der Waals surface area (Å²) in [5.41, 5.74) is 10.7. The van der Waals surface area contributed by atoms with Crippen LogP contribution in [0.5, 0.6) is 0 Å². The monoisotopic (exact) mass is 518 g/mol. The van der Waals surface area contributed by atoms with Gasteiger partial charge in [-0.15, -0.1) is 11.3 Å². The van der Waals surface area contributed by atoms with Crippen LogP contribution >= 0.6 is 11.3 Å². The van der Waals surface area contributed by atoms with Gasteiger partial charge in [-0.05, 0) is 85.9 Å². The molecule has 9 rings (SSSR count). The highest BCUT2D eigenvalue weighted by Crippen LogP contribution is 2.42. The third-order valence-corrected chi connectivity index (χ3v) is 9.80. The number of hydrogen-bond donors (Lipinski definition) is 0. The second-order valence-corrected chi connectivity index (χ2v) is 11.9. The van der Waals surface area contributed by atoms with E-state index in [0.29, 0.717) is 0 Å². The Labute approximate surface area is 230 Å². The number of hydrogen-bond acceptors (Lipinski definition) is 1. The molecule has 0 saturated heterocycles. The Hall–Kier alpha value is -4.34. The van der Waals surface area contributed by atoms with E-state index >= 15 is 0 Å². The fourth-order valence-electron chi connectivity index (χ4n) is 6.95. The first-order valence-corrected chi connectivity index (χ1v) is 14.7. The molecule has 7 aromatic rings. The maximum Gasteiger partial charge on any atom is 0.0559 e. The first kappa shape index (κ1) is 21.6. The van der Waals surface area contributed by atoms with Crippen LogP contribution in [0.4, 0.5) is 0 Å². The van der Waals surface area contributed by atoms with Gasteiger partial charge in [0, 0.05) is 59.3 Å². The number of benzene rings is 4. The van der Waals surface area contributed by atoms with E-state index in [2.05, 4.69) is 118 Å². The number of fused-ring (bicyclic) bond motifs is 9. The number of para-hydroxylation sites is 1. The number of aryl methyl sites for hydroxylation is 1. The molecule has 186 valence electrons. The molecule has 3 aromatic heterocycles. The first-order chi connectivity index (χ1) is 19.3. The Kier molecular flexibility index (Phi) is 4.47. The molecule has 0 spiro atoms. The molecule has 0 bridgehead atoms. The van der Waals surface area contributed by atoms with Crippen molar-refractivity contribution in [2.24, 2.45) is 0 Å². The molecule has 3 heterocycles. The molecule has 39 heavy (non-hydrogen) atoms. The fourth-order valence-corrected chi connectivity index (χ4v) is 8.03. The van der Waals surface area contributed by atoms with Gasteiger partial charge in [0.1, 0.15) is 0 Å². The smallest absolute Gasteiger partial charge is 0.0559 e. The van der Waals surface area contributed by atoms with Crippen molar-refractivity contribution in [2.45, 2.75) is 25.7 Å². The minimum atomic E-state index is 1.07. The predicted octanol–water partition coefficient (Wildman–Crippen LogP) is 9.86. The number of rotatable bonds is 2. The quantitative estimate of drug-likeness (QED) is 0.215. The molecule has 2 aliphatic rings. The van der Waals surface area contributed by atoms with Crippen molar-refractivity contribution in [3.63, 3.8) is 0 Å². The molecule has 3 heteroatoms. The van der Waals surface area contributed by atoms with Crippen LogP contribution in [0.25, 0.3) is 65.5 Å². The van der Waals surface area contributed by atoms with Gasteiger partial charge >= 0.3 is 0 Å². The molecule has 0 N–H and O–H groups in total. The van der Waals surface area contributed by atoms with Crippen molar-refractivity contribution in [1.82, 2.24) is 9.13 Å². The van der Waals surface area contributed by atoms with E-state index < -0.39 is 0 Å². The van der Waals surface area contributed by atoms with Crippen molar-refractivity contribution in [2.75, 3.05) is 0 Å².